The first kappa shape index (κ1) is 12.6. The molecular formula is C15H14O2S. The van der Waals surface area contributed by atoms with E-state index in [9.17, 15) is 8.42 Å². The minimum atomic E-state index is -2.43. The van der Waals surface area contributed by atoms with Crippen LogP contribution >= 0.6 is 0 Å². The minimum Gasteiger partial charge on any atom is -0.232 e. The van der Waals surface area contributed by atoms with Crippen LogP contribution in [0, 0.1) is 0 Å². The molecule has 0 spiro atoms. The highest BCUT2D eigenvalue weighted by atomic mass is 32.2. The topological polar surface area (TPSA) is 34.1 Å². The van der Waals surface area contributed by atoms with Gasteiger partial charge in [-0.15, -0.1) is 0 Å². The SMILES string of the molecule is O=[SH](=O)CC(=Cc1ccccc1)c1ccccc1. The zero-order valence-corrected chi connectivity index (χ0v) is 10.7. The van der Waals surface area contributed by atoms with Crippen LogP contribution < -0.4 is 0 Å². The van der Waals surface area contributed by atoms with Gasteiger partial charge in [-0.3, -0.25) is 0 Å². The lowest BCUT2D eigenvalue weighted by molar-refractivity contribution is 0.617. The van der Waals surface area contributed by atoms with E-state index in [0.29, 0.717) is 0 Å². The fourth-order valence-corrected chi connectivity index (χ4v) is 2.31. The van der Waals surface area contributed by atoms with Crippen molar-refractivity contribution in [2.24, 2.45) is 0 Å². The molecule has 0 aliphatic rings. The van der Waals surface area contributed by atoms with E-state index in [-0.39, 0.29) is 5.75 Å². The monoisotopic (exact) mass is 258 g/mol. The molecule has 0 unspecified atom stereocenters. The summed E-state index contributed by atoms with van der Waals surface area (Å²) in [6.07, 6.45) is 1.92. The molecule has 0 aromatic heterocycles. The summed E-state index contributed by atoms with van der Waals surface area (Å²) in [6.45, 7) is 0. The molecule has 3 heteroatoms. The van der Waals surface area contributed by atoms with Gasteiger partial charge in [0, 0.05) is 0 Å². The van der Waals surface area contributed by atoms with Gasteiger partial charge in [0.15, 0.2) is 0 Å². The second kappa shape index (κ2) is 6.17. The maximum atomic E-state index is 11.0. The van der Waals surface area contributed by atoms with Crippen molar-refractivity contribution in [1.29, 1.82) is 0 Å². The summed E-state index contributed by atoms with van der Waals surface area (Å²) in [5.41, 5.74) is 2.77. The van der Waals surface area contributed by atoms with Gasteiger partial charge >= 0.3 is 0 Å². The fraction of sp³-hybridized carbons (Fsp3) is 0.0667. The van der Waals surface area contributed by atoms with Crippen molar-refractivity contribution in [3.63, 3.8) is 0 Å². The summed E-state index contributed by atoms with van der Waals surface area (Å²) in [5.74, 6) is 0.0637. The van der Waals surface area contributed by atoms with Crippen molar-refractivity contribution in [2.75, 3.05) is 5.75 Å². The summed E-state index contributed by atoms with van der Waals surface area (Å²) in [6, 6.07) is 19.3. The molecule has 92 valence electrons. The van der Waals surface area contributed by atoms with Gasteiger partial charge in [0.25, 0.3) is 0 Å². The Morgan fingerprint density at radius 1 is 0.889 bits per heavy atom. The molecule has 0 bridgehead atoms. The molecule has 0 atom stereocenters. The number of hydrogen-bond acceptors (Lipinski definition) is 2. The van der Waals surface area contributed by atoms with E-state index in [1.165, 1.54) is 0 Å². The smallest absolute Gasteiger partial charge is 0.144 e. The largest absolute Gasteiger partial charge is 0.232 e. The third-order valence-electron chi connectivity index (χ3n) is 2.58. The van der Waals surface area contributed by atoms with Crippen LogP contribution in [0.4, 0.5) is 0 Å². The Morgan fingerprint density at radius 3 is 2.00 bits per heavy atom. The van der Waals surface area contributed by atoms with Gasteiger partial charge < -0.3 is 0 Å². The Bertz CT molecular complexity index is 591. The predicted molar refractivity (Wildman–Crippen MR) is 75.9 cm³/mol. The lowest BCUT2D eigenvalue weighted by atomic mass is 10.0. The molecule has 0 aliphatic heterocycles. The van der Waals surface area contributed by atoms with Crippen LogP contribution in [0.1, 0.15) is 11.1 Å². The molecule has 18 heavy (non-hydrogen) atoms. The maximum absolute atomic E-state index is 11.0. The van der Waals surface area contributed by atoms with Crippen LogP contribution in [-0.4, -0.2) is 14.2 Å². The van der Waals surface area contributed by atoms with E-state index in [0.717, 1.165) is 16.7 Å². The average molecular weight is 258 g/mol. The van der Waals surface area contributed by atoms with Gasteiger partial charge in [0.1, 0.15) is 10.7 Å². The predicted octanol–water partition coefficient (Wildman–Crippen LogP) is 2.84. The van der Waals surface area contributed by atoms with Crippen LogP contribution in [-0.2, 0) is 10.7 Å². The summed E-state index contributed by atoms with van der Waals surface area (Å²) in [7, 11) is -2.43. The standard InChI is InChI=1S/C15H14O2S/c16-18(17)12-15(14-9-5-2-6-10-14)11-13-7-3-1-4-8-13/h1-11,18H,12H2. The molecule has 2 rings (SSSR count). The highest BCUT2D eigenvalue weighted by Gasteiger charge is 2.02. The molecule has 0 saturated heterocycles. The van der Waals surface area contributed by atoms with Gasteiger partial charge in [0.2, 0.25) is 0 Å². The van der Waals surface area contributed by atoms with Crippen molar-refractivity contribution in [3.8, 4) is 0 Å². The van der Waals surface area contributed by atoms with E-state index < -0.39 is 10.7 Å². The Balaban J connectivity index is 2.40. The van der Waals surface area contributed by atoms with Crippen LogP contribution in [0.15, 0.2) is 60.7 Å². The van der Waals surface area contributed by atoms with Crippen molar-refractivity contribution >= 4 is 22.4 Å². The van der Waals surface area contributed by atoms with Gasteiger partial charge in [-0.05, 0) is 16.7 Å². The lowest BCUT2D eigenvalue weighted by Gasteiger charge is -2.04. The highest BCUT2D eigenvalue weighted by Crippen LogP contribution is 2.18. The molecule has 2 aromatic rings. The van der Waals surface area contributed by atoms with Gasteiger partial charge in [-0.2, -0.15) is 0 Å². The maximum Gasteiger partial charge on any atom is 0.144 e. The Labute approximate surface area is 109 Å². The number of benzene rings is 2. The number of thiol groups is 1. The first-order valence-electron chi connectivity index (χ1n) is 5.68. The third-order valence-corrected chi connectivity index (χ3v) is 3.18. The molecule has 0 saturated carbocycles. The summed E-state index contributed by atoms with van der Waals surface area (Å²) in [4.78, 5) is 0. The van der Waals surface area contributed by atoms with Crippen molar-refractivity contribution < 1.29 is 8.42 Å². The molecule has 2 nitrogen and oxygen atoms in total. The summed E-state index contributed by atoms with van der Waals surface area (Å²) in [5, 5.41) is 0. The van der Waals surface area contributed by atoms with E-state index >= 15 is 0 Å². The van der Waals surface area contributed by atoms with Gasteiger partial charge in [-0.25, -0.2) is 8.42 Å². The first-order chi connectivity index (χ1) is 8.75. The summed E-state index contributed by atoms with van der Waals surface area (Å²) >= 11 is 0. The highest BCUT2D eigenvalue weighted by molar-refractivity contribution is 7.72. The number of hydrogen-bond donors (Lipinski definition) is 1. The Kier molecular flexibility index (Phi) is 4.31. The normalized spacial score (nSPS) is 11.7. The zero-order valence-electron chi connectivity index (χ0n) is 9.82. The second-order valence-corrected chi connectivity index (χ2v) is 4.92. The van der Waals surface area contributed by atoms with Crippen molar-refractivity contribution in [3.05, 3.63) is 71.8 Å². The third kappa shape index (κ3) is 3.57. The first-order valence-corrected chi connectivity index (χ1v) is 7.05. The van der Waals surface area contributed by atoms with E-state index in [1.807, 2.05) is 66.7 Å². The fourth-order valence-electron chi connectivity index (χ4n) is 1.76. The van der Waals surface area contributed by atoms with E-state index in [1.54, 1.807) is 0 Å². The Hall–Kier alpha value is -1.87. The summed E-state index contributed by atoms with van der Waals surface area (Å²) < 4.78 is 21.9. The minimum absolute atomic E-state index is 0.0637. The van der Waals surface area contributed by atoms with E-state index in [4.69, 9.17) is 0 Å². The van der Waals surface area contributed by atoms with Crippen molar-refractivity contribution in [1.82, 2.24) is 0 Å². The molecular weight excluding hydrogens is 244 g/mol. The average Bonchev–Trinajstić information content (AvgIpc) is 2.40. The van der Waals surface area contributed by atoms with Crippen LogP contribution in [0.5, 0.6) is 0 Å². The van der Waals surface area contributed by atoms with Crippen LogP contribution in [0.2, 0.25) is 0 Å². The second-order valence-electron chi connectivity index (χ2n) is 3.94. The molecule has 0 N–H and O–H groups in total. The lowest BCUT2D eigenvalue weighted by Crippen LogP contribution is -1.93. The van der Waals surface area contributed by atoms with Crippen LogP contribution in [0.3, 0.4) is 0 Å². The zero-order chi connectivity index (χ0) is 12.8. The molecule has 0 fully saturated rings. The number of rotatable bonds is 4. The van der Waals surface area contributed by atoms with Gasteiger partial charge in [-0.1, -0.05) is 66.7 Å². The molecule has 0 radical (unpaired) electrons. The van der Waals surface area contributed by atoms with Crippen LogP contribution in [0.25, 0.3) is 11.6 Å². The van der Waals surface area contributed by atoms with E-state index in [2.05, 4.69) is 0 Å². The quantitative estimate of drug-likeness (QED) is 0.676. The van der Waals surface area contributed by atoms with Crippen molar-refractivity contribution in [2.45, 2.75) is 0 Å². The molecule has 0 amide bonds. The molecule has 0 aliphatic carbocycles. The molecule has 2 aromatic carbocycles. The Morgan fingerprint density at radius 2 is 1.44 bits per heavy atom. The van der Waals surface area contributed by atoms with Gasteiger partial charge in [0.05, 0.1) is 5.75 Å². The molecule has 0 heterocycles.